The van der Waals surface area contributed by atoms with E-state index in [0.29, 0.717) is 30.5 Å². The van der Waals surface area contributed by atoms with Crippen molar-refractivity contribution >= 4 is 12.1 Å². The molecule has 0 aliphatic carbocycles. The Labute approximate surface area is 230 Å². The van der Waals surface area contributed by atoms with Crippen LogP contribution in [0.3, 0.4) is 0 Å². The Morgan fingerprint density at radius 1 is 0.744 bits per heavy atom. The van der Waals surface area contributed by atoms with E-state index < -0.39 is 0 Å². The fraction of sp³-hybridized carbons (Fsp3) is 0.212. The van der Waals surface area contributed by atoms with Crippen molar-refractivity contribution in [3.8, 4) is 17.2 Å². The van der Waals surface area contributed by atoms with Gasteiger partial charge >= 0.3 is 0 Å². The second kappa shape index (κ2) is 13.3. The summed E-state index contributed by atoms with van der Waals surface area (Å²) in [6.45, 7) is 7.14. The molecule has 0 saturated carbocycles. The van der Waals surface area contributed by atoms with Gasteiger partial charge in [-0.25, -0.2) is 5.43 Å². The predicted octanol–water partition coefficient (Wildman–Crippen LogP) is 6.67. The van der Waals surface area contributed by atoms with Gasteiger partial charge < -0.3 is 14.2 Å². The molecule has 4 rings (SSSR count). The maximum Gasteiger partial charge on any atom is 0.277 e. The van der Waals surface area contributed by atoms with E-state index in [1.54, 1.807) is 6.21 Å². The average Bonchev–Trinajstić information content (AvgIpc) is 2.95. The maximum atomic E-state index is 12.2. The van der Waals surface area contributed by atoms with Crippen LogP contribution in [-0.4, -0.2) is 18.7 Å². The van der Waals surface area contributed by atoms with Crippen molar-refractivity contribution in [2.24, 2.45) is 5.10 Å². The van der Waals surface area contributed by atoms with E-state index >= 15 is 0 Å². The third-order valence-electron chi connectivity index (χ3n) is 5.94. The summed E-state index contributed by atoms with van der Waals surface area (Å²) in [6, 6.07) is 33.2. The number of hydrazone groups is 1. The minimum atomic E-state index is -0.352. The minimum Gasteiger partial charge on any atom is -0.485 e. The SMILES string of the molecule is CC(C)(C)c1ccc(OCC(=O)NN=Cc2ccc(OCc3ccccc3)c(OCc3ccccc3)c2)cc1. The molecule has 0 aromatic heterocycles. The van der Waals surface area contributed by atoms with Crippen LogP contribution in [0.25, 0.3) is 0 Å². The van der Waals surface area contributed by atoms with Crippen LogP contribution in [0.4, 0.5) is 0 Å². The van der Waals surface area contributed by atoms with Gasteiger partial charge in [0.05, 0.1) is 6.21 Å². The van der Waals surface area contributed by atoms with Gasteiger partial charge in [0, 0.05) is 0 Å². The number of carbonyl (C=O) groups is 1. The van der Waals surface area contributed by atoms with Crippen LogP contribution in [0.2, 0.25) is 0 Å². The largest absolute Gasteiger partial charge is 0.485 e. The number of amides is 1. The normalized spacial score (nSPS) is 11.3. The van der Waals surface area contributed by atoms with Crippen molar-refractivity contribution in [3.63, 3.8) is 0 Å². The van der Waals surface area contributed by atoms with Gasteiger partial charge in [0.25, 0.3) is 5.91 Å². The molecular weight excluding hydrogens is 488 g/mol. The van der Waals surface area contributed by atoms with Crippen LogP contribution in [0, 0.1) is 0 Å². The second-order valence-corrected chi connectivity index (χ2v) is 10.1. The number of carbonyl (C=O) groups excluding carboxylic acids is 1. The Morgan fingerprint density at radius 3 is 1.92 bits per heavy atom. The van der Waals surface area contributed by atoms with E-state index in [-0.39, 0.29) is 17.9 Å². The van der Waals surface area contributed by atoms with Gasteiger partial charge in [-0.05, 0) is 58.0 Å². The molecule has 0 unspecified atom stereocenters. The van der Waals surface area contributed by atoms with Crippen molar-refractivity contribution in [3.05, 3.63) is 125 Å². The second-order valence-electron chi connectivity index (χ2n) is 10.1. The lowest BCUT2D eigenvalue weighted by atomic mass is 9.87. The van der Waals surface area contributed by atoms with Crippen molar-refractivity contribution in [1.29, 1.82) is 0 Å². The van der Waals surface area contributed by atoms with E-state index in [4.69, 9.17) is 14.2 Å². The molecule has 0 bridgehead atoms. The molecule has 6 heteroatoms. The third kappa shape index (κ3) is 8.75. The van der Waals surface area contributed by atoms with Gasteiger partial charge in [0.1, 0.15) is 19.0 Å². The Bertz CT molecular complexity index is 1360. The first-order chi connectivity index (χ1) is 18.9. The first-order valence-electron chi connectivity index (χ1n) is 12.9. The quantitative estimate of drug-likeness (QED) is 0.176. The third-order valence-corrected chi connectivity index (χ3v) is 5.94. The van der Waals surface area contributed by atoms with Crippen LogP contribution in [-0.2, 0) is 23.4 Å². The molecule has 0 atom stereocenters. The Balaban J connectivity index is 1.35. The molecule has 4 aromatic rings. The molecule has 1 N–H and O–H groups in total. The lowest BCUT2D eigenvalue weighted by Gasteiger charge is -2.19. The van der Waals surface area contributed by atoms with Crippen molar-refractivity contribution in [1.82, 2.24) is 5.43 Å². The van der Waals surface area contributed by atoms with Gasteiger partial charge in [-0.15, -0.1) is 0 Å². The van der Waals surface area contributed by atoms with Crippen LogP contribution in [0.5, 0.6) is 17.2 Å². The molecule has 4 aromatic carbocycles. The fourth-order valence-corrected chi connectivity index (χ4v) is 3.72. The summed E-state index contributed by atoms with van der Waals surface area (Å²) in [5, 5.41) is 4.08. The summed E-state index contributed by atoms with van der Waals surface area (Å²) in [5.41, 5.74) is 6.63. The van der Waals surface area contributed by atoms with Crippen LogP contribution in [0.1, 0.15) is 43.0 Å². The Kier molecular flexibility index (Phi) is 9.35. The number of nitrogens with zero attached hydrogens (tertiary/aromatic N) is 1. The summed E-state index contributed by atoms with van der Waals surface area (Å²) in [4.78, 5) is 12.2. The predicted molar refractivity (Wildman–Crippen MR) is 154 cm³/mol. The first-order valence-corrected chi connectivity index (χ1v) is 12.9. The lowest BCUT2D eigenvalue weighted by molar-refractivity contribution is -0.123. The number of hydrogen-bond donors (Lipinski definition) is 1. The van der Waals surface area contributed by atoms with Gasteiger partial charge in [0.15, 0.2) is 18.1 Å². The highest BCUT2D eigenvalue weighted by atomic mass is 16.5. The van der Waals surface area contributed by atoms with Gasteiger partial charge in [-0.1, -0.05) is 93.6 Å². The summed E-state index contributed by atoms with van der Waals surface area (Å²) in [6.07, 6.45) is 1.56. The zero-order valence-corrected chi connectivity index (χ0v) is 22.6. The van der Waals surface area contributed by atoms with E-state index in [1.807, 2.05) is 103 Å². The molecule has 0 fully saturated rings. The molecule has 0 radical (unpaired) electrons. The van der Waals surface area contributed by atoms with Crippen molar-refractivity contribution < 1.29 is 19.0 Å². The van der Waals surface area contributed by atoms with Crippen molar-refractivity contribution in [2.75, 3.05) is 6.61 Å². The van der Waals surface area contributed by atoms with Gasteiger partial charge in [0.2, 0.25) is 0 Å². The number of rotatable bonds is 11. The molecule has 0 saturated heterocycles. The van der Waals surface area contributed by atoms with E-state index in [1.165, 1.54) is 5.56 Å². The van der Waals surface area contributed by atoms with Crippen LogP contribution in [0.15, 0.2) is 108 Å². The molecule has 39 heavy (non-hydrogen) atoms. The van der Waals surface area contributed by atoms with E-state index in [9.17, 15) is 4.79 Å². The number of hydrogen-bond acceptors (Lipinski definition) is 5. The zero-order valence-electron chi connectivity index (χ0n) is 22.6. The highest BCUT2D eigenvalue weighted by molar-refractivity contribution is 5.83. The smallest absolute Gasteiger partial charge is 0.277 e. The van der Waals surface area contributed by atoms with Gasteiger partial charge in [-0.3, -0.25) is 4.79 Å². The van der Waals surface area contributed by atoms with E-state index in [0.717, 1.165) is 16.7 Å². The van der Waals surface area contributed by atoms with Crippen molar-refractivity contribution in [2.45, 2.75) is 39.4 Å². The summed E-state index contributed by atoms with van der Waals surface area (Å²) in [5.74, 6) is 1.50. The summed E-state index contributed by atoms with van der Waals surface area (Å²) >= 11 is 0. The minimum absolute atomic E-state index is 0.0588. The number of ether oxygens (including phenoxy) is 3. The molecule has 6 nitrogen and oxygen atoms in total. The summed E-state index contributed by atoms with van der Waals surface area (Å²) in [7, 11) is 0. The van der Waals surface area contributed by atoms with Gasteiger partial charge in [-0.2, -0.15) is 5.10 Å². The lowest BCUT2D eigenvalue weighted by Crippen LogP contribution is -2.24. The molecular formula is C33H34N2O4. The van der Waals surface area contributed by atoms with Crippen LogP contribution < -0.4 is 19.6 Å². The maximum absolute atomic E-state index is 12.2. The Morgan fingerprint density at radius 2 is 1.33 bits per heavy atom. The average molecular weight is 523 g/mol. The zero-order chi connectivity index (χ0) is 27.5. The molecule has 0 heterocycles. The molecule has 1 amide bonds. The monoisotopic (exact) mass is 522 g/mol. The topological polar surface area (TPSA) is 69.2 Å². The molecule has 0 aliphatic rings. The first kappa shape index (κ1) is 27.5. The highest BCUT2D eigenvalue weighted by Crippen LogP contribution is 2.30. The van der Waals surface area contributed by atoms with Crippen LogP contribution >= 0.6 is 0 Å². The summed E-state index contributed by atoms with van der Waals surface area (Å²) < 4.78 is 17.7. The molecule has 0 aliphatic heterocycles. The molecule has 200 valence electrons. The number of nitrogens with one attached hydrogen (secondary N) is 1. The standard InChI is InChI=1S/C33H34N2O4/c1-33(2,3)28-15-17-29(18-16-28)37-24-32(36)35-34-21-27-14-19-30(38-22-25-10-6-4-7-11-25)31(20-27)39-23-26-12-8-5-9-13-26/h4-21H,22-24H2,1-3H3,(H,35,36). The fourth-order valence-electron chi connectivity index (χ4n) is 3.72. The Hall–Kier alpha value is -4.58. The molecule has 0 spiro atoms. The number of benzene rings is 4. The highest BCUT2D eigenvalue weighted by Gasteiger charge is 2.13. The van der Waals surface area contributed by atoms with E-state index in [2.05, 4.69) is 31.3 Å².